The van der Waals surface area contributed by atoms with Crippen molar-refractivity contribution in [1.29, 1.82) is 0 Å². The molecule has 0 saturated heterocycles. The Morgan fingerprint density at radius 3 is 2.83 bits per heavy atom. The van der Waals surface area contributed by atoms with Crippen LogP contribution in [0.25, 0.3) is 10.9 Å². The summed E-state index contributed by atoms with van der Waals surface area (Å²) < 4.78 is 2.10. The number of carbonyl (C=O) groups is 2. The number of hydrogen-bond acceptors (Lipinski definition) is 2. The van der Waals surface area contributed by atoms with Crippen LogP contribution in [0.2, 0.25) is 0 Å². The topological polar surface area (TPSA) is 39.1 Å². The predicted molar refractivity (Wildman–Crippen MR) is 69.7 cm³/mol. The normalized spacial score (nSPS) is 14.9. The number of aldehydes is 1. The second-order valence-corrected chi connectivity index (χ2v) is 4.97. The van der Waals surface area contributed by atoms with E-state index < -0.39 is 5.78 Å². The smallest absolute Gasteiger partial charge is 0.227 e. The summed E-state index contributed by atoms with van der Waals surface area (Å²) in [5.74, 6) is 0.424. The molecule has 3 nitrogen and oxygen atoms in total. The van der Waals surface area contributed by atoms with E-state index in [2.05, 4.69) is 4.57 Å². The molecule has 0 bridgehead atoms. The van der Waals surface area contributed by atoms with E-state index in [1.165, 1.54) is 12.8 Å². The zero-order valence-corrected chi connectivity index (χ0v) is 10.1. The minimum atomic E-state index is -0.434. The van der Waals surface area contributed by atoms with Crippen molar-refractivity contribution in [1.82, 2.24) is 4.57 Å². The Hall–Kier alpha value is -1.90. The van der Waals surface area contributed by atoms with Gasteiger partial charge in [0.1, 0.15) is 0 Å². The van der Waals surface area contributed by atoms with Crippen molar-refractivity contribution in [3.8, 4) is 0 Å². The fraction of sp³-hybridized carbons (Fsp3) is 0.333. The number of fused-ring (bicyclic) bond motifs is 1. The quantitative estimate of drug-likeness (QED) is 0.458. The highest BCUT2D eigenvalue weighted by atomic mass is 16.2. The van der Waals surface area contributed by atoms with Crippen LogP contribution in [-0.2, 0) is 11.3 Å². The van der Waals surface area contributed by atoms with Crippen molar-refractivity contribution < 1.29 is 9.59 Å². The van der Waals surface area contributed by atoms with Crippen molar-refractivity contribution in [2.75, 3.05) is 0 Å². The van der Waals surface area contributed by atoms with Crippen LogP contribution in [0.15, 0.2) is 30.5 Å². The van der Waals surface area contributed by atoms with Gasteiger partial charge in [-0.05, 0) is 18.4 Å². The summed E-state index contributed by atoms with van der Waals surface area (Å²) >= 11 is 0. The number of carbonyl (C=O) groups excluding carboxylic acids is 2. The first kappa shape index (κ1) is 11.2. The van der Waals surface area contributed by atoms with Crippen molar-refractivity contribution in [3.05, 3.63) is 36.0 Å². The largest absolute Gasteiger partial charge is 0.347 e. The van der Waals surface area contributed by atoms with Crippen LogP contribution in [0.4, 0.5) is 0 Å². The Balaban J connectivity index is 2.01. The lowest BCUT2D eigenvalue weighted by Crippen LogP contribution is -1.99. The Bertz CT molecular complexity index is 608. The lowest BCUT2D eigenvalue weighted by Gasteiger charge is -2.03. The lowest BCUT2D eigenvalue weighted by molar-refractivity contribution is -0.104. The molecule has 3 heteroatoms. The van der Waals surface area contributed by atoms with Crippen molar-refractivity contribution >= 4 is 23.0 Å². The molecule has 2 aromatic rings. The second-order valence-electron chi connectivity index (χ2n) is 4.97. The lowest BCUT2D eigenvalue weighted by atomic mass is 10.1. The summed E-state index contributed by atoms with van der Waals surface area (Å²) in [4.78, 5) is 22.3. The molecular formula is C15H15NO2. The third-order valence-electron chi connectivity index (χ3n) is 3.64. The van der Waals surface area contributed by atoms with Gasteiger partial charge in [0.25, 0.3) is 0 Å². The van der Waals surface area contributed by atoms with Gasteiger partial charge in [0.05, 0.1) is 5.56 Å². The first-order valence-corrected chi connectivity index (χ1v) is 6.37. The Kier molecular flexibility index (Phi) is 2.74. The van der Waals surface area contributed by atoms with Gasteiger partial charge in [-0.2, -0.15) is 0 Å². The highest BCUT2D eigenvalue weighted by Crippen LogP contribution is 2.33. The molecule has 0 radical (unpaired) electrons. The molecule has 1 heterocycles. The van der Waals surface area contributed by atoms with Gasteiger partial charge in [0.15, 0.2) is 6.29 Å². The number of nitrogens with zero attached hydrogens (tertiary/aromatic N) is 1. The zero-order chi connectivity index (χ0) is 12.5. The summed E-state index contributed by atoms with van der Waals surface area (Å²) in [6.45, 7) is 0.928. The summed E-state index contributed by atoms with van der Waals surface area (Å²) in [6.07, 6.45) is 6.04. The van der Waals surface area contributed by atoms with E-state index in [1.807, 2.05) is 30.5 Å². The highest BCUT2D eigenvalue weighted by molar-refractivity contribution is 6.36. The van der Waals surface area contributed by atoms with E-state index in [0.717, 1.165) is 29.8 Å². The Morgan fingerprint density at radius 1 is 1.33 bits per heavy atom. The van der Waals surface area contributed by atoms with Crippen LogP contribution < -0.4 is 0 Å². The number of benzene rings is 1. The average Bonchev–Trinajstić information content (AvgIpc) is 3.17. The van der Waals surface area contributed by atoms with E-state index >= 15 is 0 Å². The van der Waals surface area contributed by atoms with E-state index in [-0.39, 0.29) is 0 Å². The molecule has 0 spiro atoms. The third kappa shape index (κ3) is 1.96. The Morgan fingerprint density at radius 2 is 2.11 bits per heavy atom. The van der Waals surface area contributed by atoms with Gasteiger partial charge in [0, 0.05) is 23.6 Å². The van der Waals surface area contributed by atoms with Gasteiger partial charge < -0.3 is 4.57 Å². The van der Waals surface area contributed by atoms with Crippen molar-refractivity contribution in [2.24, 2.45) is 5.92 Å². The van der Waals surface area contributed by atoms with Gasteiger partial charge in [0.2, 0.25) is 5.78 Å². The molecular weight excluding hydrogens is 226 g/mol. The molecule has 1 fully saturated rings. The number of para-hydroxylation sites is 1. The standard InChI is InChI=1S/C15H15NO2/c17-10-15(18)13-9-16(8-7-11-5-6-11)14-4-2-1-3-12(13)14/h1-4,9-11H,5-8H2. The molecule has 0 aliphatic heterocycles. The number of aryl methyl sites for hydroxylation is 1. The average molecular weight is 241 g/mol. The maximum Gasteiger partial charge on any atom is 0.227 e. The summed E-state index contributed by atoms with van der Waals surface area (Å²) in [6, 6.07) is 7.77. The molecule has 1 saturated carbocycles. The molecule has 92 valence electrons. The van der Waals surface area contributed by atoms with E-state index in [0.29, 0.717) is 11.8 Å². The van der Waals surface area contributed by atoms with Crippen molar-refractivity contribution in [2.45, 2.75) is 25.8 Å². The number of Topliss-reactive ketones (excluding diaryl/α,β-unsaturated/α-hetero) is 1. The number of ketones is 1. The Labute approximate surface area is 105 Å². The van der Waals surface area contributed by atoms with Crippen LogP contribution >= 0.6 is 0 Å². The fourth-order valence-corrected chi connectivity index (χ4v) is 2.42. The fourth-order valence-electron chi connectivity index (χ4n) is 2.42. The predicted octanol–water partition coefficient (Wildman–Crippen LogP) is 2.82. The van der Waals surface area contributed by atoms with E-state index in [9.17, 15) is 9.59 Å². The number of aromatic nitrogens is 1. The van der Waals surface area contributed by atoms with Gasteiger partial charge in [-0.25, -0.2) is 0 Å². The number of hydrogen-bond donors (Lipinski definition) is 0. The van der Waals surface area contributed by atoms with Crippen LogP contribution in [0.1, 0.15) is 29.6 Å². The molecule has 0 atom stereocenters. The molecule has 0 N–H and O–H groups in total. The van der Waals surface area contributed by atoms with Gasteiger partial charge in [-0.3, -0.25) is 9.59 Å². The van der Waals surface area contributed by atoms with Crippen LogP contribution in [0, 0.1) is 5.92 Å². The molecule has 1 aromatic carbocycles. The SMILES string of the molecule is O=CC(=O)c1cn(CCC2CC2)c2ccccc12. The minimum Gasteiger partial charge on any atom is -0.347 e. The molecule has 0 unspecified atom stereocenters. The van der Waals surface area contributed by atoms with Gasteiger partial charge >= 0.3 is 0 Å². The van der Waals surface area contributed by atoms with Crippen LogP contribution in [0.3, 0.4) is 0 Å². The van der Waals surface area contributed by atoms with Crippen LogP contribution in [-0.4, -0.2) is 16.6 Å². The molecule has 1 aromatic heterocycles. The summed E-state index contributed by atoms with van der Waals surface area (Å²) in [7, 11) is 0. The third-order valence-corrected chi connectivity index (χ3v) is 3.64. The molecule has 1 aliphatic rings. The second kappa shape index (κ2) is 4.41. The maximum atomic E-state index is 11.6. The molecule has 0 amide bonds. The van der Waals surface area contributed by atoms with E-state index in [4.69, 9.17) is 0 Å². The maximum absolute atomic E-state index is 11.6. The molecule has 3 rings (SSSR count). The first-order chi connectivity index (χ1) is 8.79. The number of rotatable bonds is 5. The first-order valence-electron chi connectivity index (χ1n) is 6.37. The minimum absolute atomic E-state index is 0.396. The van der Waals surface area contributed by atoms with Gasteiger partial charge in [-0.1, -0.05) is 31.0 Å². The summed E-state index contributed by atoms with van der Waals surface area (Å²) in [5, 5.41) is 0.880. The van der Waals surface area contributed by atoms with Crippen molar-refractivity contribution in [3.63, 3.8) is 0 Å². The monoisotopic (exact) mass is 241 g/mol. The molecule has 18 heavy (non-hydrogen) atoms. The van der Waals surface area contributed by atoms with E-state index in [1.54, 1.807) is 0 Å². The zero-order valence-electron chi connectivity index (χ0n) is 10.1. The van der Waals surface area contributed by atoms with Gasteiger partial charge in [-0.15, -0.1) is 0 Å². The highest BCUT2D eigenvalue weighted by Gasteiger charge is 2.21. The van der Waals surface area contributed by atoms with Crippen LogP contribution in [0.5, 0.6) is 0 Å². The summed E-state index contributed by atoms with van der Waals surface area (Å²) in [5.41, 5.74) is 1.57. The molecule has 1 aliphatic carbocycles.